The Morgan fingerprint density at radius 2 is 1.75 bits per heavy atom. The number of hydrogen-bond acceptors (Lipinski definition) is 3. The minimum absolute atomic E-state index is 0.351. The standard InChI is InChI=1S/C16H15NO3/c18-11-13-8-4-5-9-14(13)17-15(16(19)20)10-12-6-2-1-3-7-12/h1-9,11,15,17H,10H2,(H,19,20). The molecule has 0 amide bonds. The molecule has 0 aliphatic rings. The SMILES string of the molecule is O=Cc1ccccc1NC(Cc1ccccc1)C(=O)O. The van der Waals surface area contributed by atoms with Crippen LogP contribution in [0.3, 0.4) is 0 Å². The molecule has 1 unspecified atom stereocenters. The van der Waals surface area contributed by atoms with E-state index in [-0.39, 0.29) is 0 Å². The molecular weight excluding hydrogens is 254 g/mol. The highest BCUT2D eigenvalue weighted by atomic mass is 16.4. The Kier molecular flexibility index (Phi) is 4.50. The number of rotatable bonds is 6. The molecule has 0 radical (unpaired) electrons. The summed E-state index contributed by atoms with van der Waals surface area (Å²) in [5.74, 6) is -0.949. The van der Waals surface area contributed by atoms with Crippen molar-refractivity contribution in [3.63, 3.8) is 0 Å². The van der Waals surface area contributed by atoms with Crippen molar-refractivity contribution in [3.05, 3.63) is 65.7 Å². The minimum Gasteiger partial charge on any atom is -0.480 e. The van der Waals surface area contributed by atoms with Crippen LogP contribution in [0.2, 0.25) is 0 Å². The number of aliphatic carboxylic acids is 1. The van der Waals surface area contributed by atoms with Gasteiger partial charge in [-0.3, -0.25) is 4.79 Å². The summed E-state index contributed by atoms with van der Waals surface area (Å²) in [5.41, 5.74) is 1.91. The zero-order chi connectivity index (χ0) is 14.4. The van der Waals surface area contributed by atoms with Crippen molar-refractivity contribution < 1.29 is 14.7 Å². The zero-order valence-electron chi connectivity index (χ0n) is 10.8. The molecule has 0 heterocycles. The lowest BCUT2D eigenvalue weighted by Crippen LogP contribution is -2.31. The molecule has 0 saturated heterocycles. The van der Waals surface area contributed by atoms with Crippen molar-refractivity contribution in [3.8, 4) is 0 Å². The van der Waals surface area contributed by atoms with Gasteiger partial charge in [0.25, 0.3) is 0 Å². The molecule has 102 valence electrons. The number of para-hydroxylation sites is 1. The van der Waals surface area contributed by atoms with Crippen LogP contribution in [0.25, 0.3) is 0 Å². The van der Waals surface area contributed by atoms with Crippen LogP contribution in [0.1, 0.15) is 15.9 Å². The van der Waals surface area contributed by atoms with E-state index in [4.69, 9.17) is 0 Å². The molecule has 2 aromatic rings. The monoisotopic (exact) mass is 269 g/mol. The maximum absolute atomic E-state index is 11.4. The highest BCUT2D eigenvalue weighted by Crippen LogP contribution is 2.16. The van der Waals surface area contributed by atoms with Crippen molar-refractivity contribution in [2.45, 2.75) is 12.5 Å². The molecular formula is C16H15NO3. The maximum Gasteiger partial charge on any atom is 0.326 e. The summed E-state index contributed by atoms with van der Waals surface area (Å²) in [7, 11) is 0. The largest absolute Gasteiger partial charge is 0.480 e. The van der Waals surface area contributed by atoms with Crippen LogP contribution < -0.4 is 5.32 Å². The molecule has 0 fully saturated rings. The Bertz CT molecular complexity index is 596. The number of carboxylic acid groups (broad SMARTS) is 1. The van der Waals surface area contributed by atoms with E-state index < -0.39 is 12.0 Å². The van der Waals surface area contributed by atoms with Crippen LogP contribution in [0.15, 0.2) is 54.6 Å². The number of hydrogen-bond donors (Lipinski definition) is 2. The topological polar surface area (TPSA) is 66.4 Å². The fourth-order valence-corrected chi connectivity index (χ4v) is 1.97. The van der Waals surface area contributed by atoms with Crippen LogP contribution >= 0.6 is 0 Å². The predicted molar refractivity (Wildman–Crippen MR) is 77.0 cm³/mol. The number of carboxylic acids is 1. The molecule has 0 bridgehead atoms. The third-order valence-corrected chi connectivity index (χ3v) is 3.00. The van der Waals surface area contributed by atoms with Crippen LogP contribution in [-0.2, 0) is 11.2 Å². The normalized spacial score (nSPS) is 11.6. The molecule has 4 heteroatoms. The van der Waals surface area contributed by atoms with Crippen LogP contribution in [-0.4, -0.2) is 23.4 Å². The number of nitrogens with one attached hydrogen (secondary N) is 1. The second-order valence-corrected chi connectivity index (χ2v) is 4.43. The minimum atomic E-state index is -0.949. The fraction of sp³-hybridized carbons (Fsp3) is 0.125. The summed E-state index contributed by atoms with van der Waals surface area (Å²) in [5, 5.41) is 12.2. The molecule has 2 N–H and O–H groups in total. The third kappa shape index (κ3) is 3.45. The van der Waals surface area contributed by atoms with Gasteiger partial charge in [0.1, 0.15) is 6.04 Å². The second-order valence-electron chi connectivity index (χ2n) is 4.43. The number of anilines is 1. The molecule has 0 aliphatic heterocycles. The number of carbonyl (C=O) groups is 2. The summed E-state index contributed by atoms with van der Waals surface area (Å²) in [6, 6.07) is 15.4. The predicted octanol–water partition coefficient (Wildman–Crippen LogP) is 2.61. The number of aldehydes is 1. The summed E-state index contributed by atoms with van der Waals surface area (Å²) in [6.07, 6.45) is 1.06. The van der Waals surface area contributed by atoms with Crippen molar-refractivity contribution in [2.24, 2.45) is 0 Å². The first-order valence-corrected chi connectivity index (χ1v) is 6.28. The van der Waals surface area contributed by atoms with Gasteiger partial charge < -0.3 is 10.4 Å². The summed E-state index contributed by atoms with van der Waals surface area (Å²) < 4.78 is 0. The molecule has 20 heavy (non-hydrogen) atoms. The van der Waals surface area contributed by atoms with Gasteiger partial charge in [-0.15, -0.1) is 0 Å². The first-order chi connectivity index (χ1) is 9.70. The molecule has 0 aromatic heterocycles. The van der Waals surface area contributed by atoms with Gasteiger partial charge in [0.15, 0.2) is 6.29 Å². The Labute approximate surface area is 117 Å². The van der Waals surface area contributed by atoms with E-state index in [1.165, 1.54) is 0 Å². The van der Waals surface area contributed by atoms with Crippen LogP contribution in [0.5, 0.6) is 0 Å². The molecule has 2 rings (SSSR count). The van der Waals surface area contributed by atoms with Gasteiger partial charge in [0.2, 0.25) is 0 Å². The zero-order valence-corrected chi connectivity index (χ0v) is 10.8. The molecule has 2 aromatic carbocycles. The Morgan fingerprint density at radius 1 is 1.10 bits per heavy atom. The summed E-state index contributed by atoms with van der Waals surface area (Å²) >= 11 is 0. The highest BCUT2D eigenvalue weighted by molar-refractivity contribution is 5.86. The average Bonchev–Trinajstić information content (AvgIpc) is 2.48. The van der Waals surface area contributed by atoms with Gasteiger partial charge in [0.05, 0.1) is 0 Å². The second kappa shape index (κ2) is 6.52. The Balaban J connectivity index is 2.18. The van der Waals surface area contributed by atoms with Gasteiger partial charge in [-0.1, -0.05) is 42.5 Å². The molecule has 0 saturated carbocycles. The van der Waals surface area contributed by atoms with Gasteiger partial charge in [-0.2, -0.15) is 0 Å². The number of benzene rings is 2. The summed E-state index contributed by atoms with van der Waals surface area (Å²) in [4.78, 5) is 22.3. The molecule has 0 spiro atoms. The average molecular weight is 269 g/mol. The van der Waals surface area contributed by atoms with Crippen molar-refractivity contribution >= 4 is 17.9 Å². The lowest BCUT2D eigenvalue weighted by molar-refractivity contribution is -0.137. The van der Waals surface area contributed by atoms with E-state index in [0.717, 1.165) is 5.56 Å². The quantitative estimate of drug-likeness (QED) is 0.791. The van der Waals surface area contributed by atoms with Gasteiger partial charge in [-0.05, 0) is 17.7 Å². The smallest absolute Gasteiger partial charge is 0.326 e. The molecule has 4 nitrogen and oxygen atoms in total. The van der Waals surface area contributed by atoms with E-state index in [2.05, 4.69) is 5.32 Å². The van der Waals surface area contributed by atoms with E-state index in [1.807, 2.05) is 30.3 Å². The molecule has 1 atom stereocenters. The van der Waals surface area contributed by atoms with Crippen molar-refractivity contribution in [1.82, 2.24) is 0 Å². The van der Waals surface area contributed by atoms with Crippen molar-refractivity contribution in [2.75, 3.05) is 5.32 Å². The Hall–Kier alpha value is -2.62. The fourth-order valence-electron chi connectivity index (χ4n) is 1.97. The third-order valence-electron chi connectivity index (χ3n) is 3.00. The van der Waals surface area contributed by atoms with E-state index in [1.54, 1.807) is 24.3 Å². The first-order valence-electron chi connectivity index (χ1n) is 6.28. The molecule has 0 aliphatic carbocycles. The maximum atomic E-state index is 11.4. The van der Waals surface area contributed by atoms with Crippen LogP contribution in [0.4, 0.5) is 5.69 Å². The van der Waals surface area contributed by atoms with E-state index in [0.29, 0.717) is 24.0 Å². The van der Waals surface area contributed by atoms with E-state index >= 15 is 0 Å². The number of carbonyl (C=O) groups excluding carboxylic acids is 1. The Morgan fingerprint density at radius 3 is 2.40 bits per heavy atom. The van der Waals surface area contributed by atoms with Gasteiger partial charge in [-0.25, -0.2) is 4.79 Å². The van der Waals surface area contributed by atoms with E-state index in [9.17, 15) is 14.7 Å². The van der Waals surface area contributed by atoms with Crippen LogP contribution in [0, 0.1) is 0 Å². The highest BCUT2D eigenvalue weighted by Gasteiger charge is 2.18. The lowest BCUT2D eigenvalue weighted by atomic mass is 10.1. The first kappa shape index (κ1) is 13.8. The van der Waals surface area contributed by atoms with Gasteiger partial charge >= 0.3 is 5.97 Å². The van der Waals surface area contributed by atoms with Crippen molar-refractivity contribution in [1.29, 1.82) is 0 Å². The van der Waals surface area contributed by atoms with Gasteiger partial charge in [0, 0.05) is 17.7 Å². The lowest BCUT2D eigenvalue weighted by Gasteiger charge is -2.17. The summed E-state index contributed by atoms with van der Waals surface area (Å²) in [6.45, 7) is 0.